The van der Waals surface area contributed by atoms with Crippen LogP contribution in [-0.4, -0.2) is 49.0 Å². The highest BCUT2D eigenvalue weighted by molar-refractivity contribution is 6.30. The number of carbonyl (C=O) groups is 1. The number of benzene rings is 1. The molecule has 1 amide bonds. The third kappa shape index (κ3) is 5.18. The number of hydrogen-bond acceptors (Lipinski definition) is 5. The van der Waals surface area contributed by atoms with E-state index in [2.05, 4.69) is 0 Å². The van der Waals surface area contributed by atoms with E-state index in [0.717, 1.165) is 0 Å². The Kier molecular flexibility index (Phi) is 5.59. The Bertz CT molecular complexity index is 560. The molecule has 1 aromatic carbocycles. The molecule has 2 N–H and O–H groups in total. The maximum Gasteiger partial charge on any atom is 0.410 e. The van der Waals surface area contributed by atoms with Crippen molar-refractivity contribution in [1.29, 1.82) is 0 Å². The molecular weight excluding hydrogens is 320 g/mol. The molecule has 1 saturated heterocycles. The summed E-state index contributed by atoms with van der Waals surface area (Å²) >= 11 is 5.87. The summed E-state index contributed by atoms with van der Waals surface area (Å²) < 4.78 is 16.6. The van der Waals surface area contributed by atoms with E-state index in [1.165, 1.54) is 0 Å². The second-order valence-corrected chi connectivity index (χ2v) is 6.83. The van der Waals surface area contributed by atoms with Gasteiger partial charge in [0.25, 0.3) is 0 Å². The molecule has 0 aromatic heterocycles. The van der Waals surface area contributed by atoms with Crippen molar-refractivity contribution >= 4 is 23.4 Å². The normalized spacial score (nSPS) is 18.6. The average Bonchev–Trinajstić information content (AvgIpc) is 2.45. The minimum Gasteiger partial charge on any atom is -0.489 e. The summed E-state index contributed by atoms with van der Waals surface area (Å²) in [4.78, 5) is 13.9. The van der Waals surface area contributed by atoms with Gasteiger partial charge in [-0.3, -0.25) is 4.90 Å². The first kappa shape index (κ1) is 17.7. The number of amides is 1. The maximum atomic E-state index is 12.3. The van der Waals surface area contributed by atoms with Crippen LogP contribution in [0.4, 0.5) is 10.5 Å². The SMILES string of the molecule is CC(C)(C)OC(=O)N1CCOC[C@@H]1COc1ccc(Cl)cc1N. The van der Waals surface area contributed by atoms with Gasteiger partial charge in [0, 0.05) is 11.6 Å². The lowest BCUT2D eigenvalue weighted by molar-refractivity contribution is -0.0417. The molecule has 128 valence electrons. The van der Waals surface area contributed by atoms with Gasteiger partial charge in [0.1, 0.15) is 18.0 Å². The fraction of sp³-hybridized carbons (Fsp3) is 0.562. The van der Waals surface area contributed by atoms with E-state index in [9.17, 15) is 4.79 Å². The van der Waals surface area contributed by atoms with Crippen molar-refractivity contribution in [2.75, 3.05) is 32.1 Å². The first-order valence-corrected chi connectivity index (χ1v) is 7.89. The lowest BCUT2D eigenvalue weighted by Crippen LogP contribution is -2.52. The summed E-state index contributed by atoms with van der Waals surface area (Å²) in [6.45, 7) is 7.14. The molecule has 0 spiro atoms. The second kappa shape index (κ2) is 7.27. The zero-order valence-electron chi connectivity index (χ0n) is 13.7. The van der Waals surface area contributed by atoms with Crippen LogP contribution >= 0.6 is 11.6 Å². The van der Waals surface area contributed by atoms with E-state index in [1.807, 2.05) is 20.8 Å². The van der Waals surface area contributed by atoms with Gasteiger partial charge >= 0.3 is 6.09 Å². The maximum absolute atomic E-state index is 12.3. The van der Waals surface area contributed by atoms with Gasteiger partial charge in [-0.1, -0.05) is 11.6 Å². The van der Waals surface area contributed by atoms with Crippen LogP contribution in [0.15, 0.2) is 18.2 Å². The van der Waals surface area contributed by atoms with Gasteiger partial charge in [-0.2, -0.15) is 0 Å². The van der Waals surface area contributed by atoms with Crippen LogP contribution in [-0.2, 0) is 9.47 Å². The summed E-state index contributed by atoms with van der Waals surface area (Å²) in [5.74, 6) is 0.532. The van der Waals surface area contributed by atoms with Crippen molar-refractivity contribution < 1.29 is 19.0 Å². The molecule has 1 heterocycles. The molecule has 1 fully saturated rings. The summed E-state index contributed by atoms with van der Waals surface area (Å²) in [6, 6.07) is 4.81. The van der Waals surface area contributed by atoms with Gasteiger partial charge in [0.2, 0.25) is 0 Å². The monoisotopic (exact) mass is 342 g/mol. The van der Waals surface area contributed by atoms with Gasteiger partial charge in [-0.15, -0.1) is 0 Å². The minimum absolute atomic E-state index is 0.228. The standard InChI is InChI=1S/C16H23ClN2O4/c1-16(2,3)23-15(20)19-6-7-21-9-12(19)10-22-14-5-4-11(17)8-13(14)18/h4-5,8,12H,6-7,9-10,18H2,1-3H3/t12-/m1/s1. The van der Waals surface area contributed by atoms with Gasteiger partial charge in [-0.25, -0.2) is 4.79 Å². The number of halogens is 1. The van der Waals surface area contributed by atoms with Crippen molar-refractivity contribution in [3.63, 3.8) is 0 Å². The van der Waals surface area contributed by atoms with Crippen LogP contribution in [0.2, 0.25) is 5.02 Å². The molecule has 0 unspecified atom stereocenters. The fourth-order valence-electron chi connectivity index (χ4n) is 2.19. The number of ether oxygens (including phenoxy) is 3. The number of rotatable bonds is 3. The van der Waals surface area contributed by atoms with Gasteiger partial charge < -0.3 is 19.9 Å². The molecule has 1 aliphatic heterocycles. The van der Waals surface area contributed by atoms with Crippen molar-refractivity contribution in [3.05, 3.63) is 23.2 Å². The zero-order valence-corrected chi connectivity index (χ0v) is 14.4. The highest BCUT2D eigenvalue weighted by Gasteiger charge is 2.31. The molecule has 0 saturated carbocycles. The van der Waals surface area contributed by atoms with Crippen molar-refractivity contribution in [2.45, 2.75) is 32.4 Å². The van der Waals surface area contributed by atoms with E-state index in [-0.39, 0.29) is 18.7 Å². The molecule has 23 heavy (non-hydrogen) atoms. The minimum atomic E-state index is -0.540. The first-order chi connectivity index (χ1) is 10.8. The Hall–Kier alpha value is -1.66. The molecule has 0 radical (unpaired) electrons. The zero-order chi connectivity index (χ0) is 17.0. The van der Waals surface area contributed by atoms with Crippen LogP contribution in [0.3, 0.4) is 0 Å². The van der Waals surface area contributed by atoms with Gasteiger partial charge in [0.15, 0.2) is 0 Å². The number of nitrogen functional groups attached to an aromatic ring is 1. The molecule has 1 aromatic rings. The predicted octanol–water partition coefficient (Wildman–Crippen LogP) is 2.94. The van der Waals surface area contributed by atoms with Crippen LogP contribution in [0.25, 0.3) is 0 Å². The van der Waals surface area contributed by atoms with E-state index in [4.69, 9.17) is 31.5 Å². The fourth-order valence-corrected chi connectivity index (χ4v) is 2.37. The van der Waals surface area contributed by atoms with Gasteiger partial charge in [0.05, 0.1) is 24.9 Å². The number of carbonyl (C=O) groups excluding carboxylic acids is 1. The first-order valence-electron chi connectivity index (χ1n) is 7.51. The predicted molar refractivity (Wildman–Crippen MR) is 88.9 cm³/mol. The third-order valence-electron chi connectivity index (χ3n) is 3.26. The molecule has 2 rings (SSSR count). The molecule has 0 bridgehead atoms. The average molecular weight is 343 g/mol. The summed E-state index contributed by atoms with van der Waals surface area (Å²) in [5, 5.41) is 0.547. The second-order valence-electron chi connectivity index (χ2n) is 6.40. The largest absolute Gasteiger partial charge is 0.489 e. The molecule has 6 nitrogen and oxygen atoms in total. The highest BCUT2D eigenvalue weighted by atomic mass is 35.5. The summed E-state index contributed by atoms with van der Waals surface area (Å²) in [7, 11) is 0. The molecule has 1 aliphatic rings. The Labute approximate surface area is 141 Å². The van der Waals surface area contributed by atoms with Crippen molar-refractivity contribution in [2.24, 2.45) is 0 Å². The Morgan fingerprint density at radius 1 is 1.48 bits per heavy atom. The van der Waals surface area contributed by atoms with E-state index >= 15 is 0 Å². The Morgan fingerprint density at radius 3 is 2.87 bits per heavy atom. The number of anilines is 1. The van der Waals surface area contributed by atoms with E-state index < -0.39 is 5.60 Å². The molecular formula is C16H23ClN2O4. The lowest BCUT2D eigenvalue weighted by atomic mass is 10.2. The highest BCUT2D eigenvalue weighted by Crippen LogP contribution is 2.25. The molecule has 0 aliphatic carbocycles. The quantitative estimate of drug-likeness (QED) is 0.855. The lowest BCUT2D eigenvalue weighted by Gasteiger charge is -2.36. The molecule has 1 atom stereocenters. The summed E-state index contributed by atoms with van der Waals surface area (Å²) in [5.41, 5.74) is 5.79. The third-order valence-corrected chi connectivity index (χ3v) is 3.49. The Morgan fingerprint density at radius 2 is 2.22 bits per heavy atom. The van der Waals surface area contributed by atoms with Gasteiger partial charge in [-0.05, 0) is 39.0 Å². The van der Waals surface area contributed by atoms with Crippen LogP contribution < -0.4 is 10.5 Å². The van der Waals surface area contributed by atoms with Crippen LogP contribution in [0.5, 0.6) is 5.75 Å². The number of nitrogens with two attached hydrogens (primary N) is 1. The van der Waals surface area contributed by atoms with Crippen LogP contribution in [0.1, 0.15) is 20.8 Å². The van der Waals surface area contributed by atoms with Crippen molar-refractivity contribution in [3.8, 4) is 5.75 Å². The smallest absolute Gasteiger partial charge is 0.410 e. The number of nitrogens with zero attached hydrogens (tertiary/aromatic N) is 1. The summed E-state index contributed by atoms with van der Waals surface area (Å²) in [6.07, 6.45) is -0.363. The van der Waals surface area contributed by atoms with E-state index in [0.29, 0.717) is 36.2 Å². The van der Waals surface area contributed by atoms with Crippen LogP contribution in [0, 0.1) is 0 Å². The number of morpholine rings is 1. The van der Waals surface area contributed by atoms with Crippen molar-refractivity contribution in [1.82, 2.24) is 4.90 Å². The molecule has 7 heteroatoms. The topological polar surface area (TPSA) is 74.0 Å². The number of hydrogen-bond donors (Lipinski definition) is 1. The van der Waals surface area contributed by atoms with E-state index in [1.54, 1.807) is 23.1 Å². The Balaban J connectivity index is 1.99.